The fraction of sp³-hybridized carbons (Fsp3) is 0.750. The predicted octanol–water partition coefficient (Wildman–Crippen LogP) is -1.70. The zero-order valence-corrected chi connectivity index (χ0v) is 20.3. The molecule has 0 aliphatic carbocycles. The highest BCUT2D eigenvalue weighted by Gasteiger charge is 2.32. The molecule has 0 rings (SSSR count). The molecule has 6 atom stereocenters. The summed E-state index contributed by atoms with van der Waals surface area (Å²) in [6, 6.07) is -4.76. The topological polar surface area (TPSA) is 214 Å². The highest BCUT2D eigenvalue weighted by Crippen LogP contribution is 2.08. The number of rotatable bonds is 16. The molecule has 190 valence electrons. The Balaban J connectivity index is 5.55. The van der Waals surface area contributed by atoms with Gasteiger partial charge in [0.15, 0.2) is 6.04 Å². The number of aliphatic hydroxyl groups is 1. The van der Waals surface area contributed by atoms with Gasteiger partial charge in [0.1, 0.15) is 12.1 Å². The summed E-state index contributed by atoms with van der Waals surface area (Å²) in [6.45, 7) is 4.88. The number of carbonyl (C=O) groups excluding carboxylic acids is 4. The van der Waals surface area contributed by atoms with E-state index < -0.39 is 59.9 Å². The summed E-state index contributed by atoms with van der Waals surface area (Å²) in [4.78, 5) is 60.5. The molecule has 0 fully saturated rings. The van der Waals surface area contributed by atoms with E-state index >= 15 is 0 Å². The first-order valence-corrected chi connectivity index (χ1v) is 12.1. The Hall–Kier alpha value is -2.38. The maximum atomic E-state index is 12.9. The van der Waals surface area contributed by atoms with Crippen molar-refractivity contribution in [3.8, 4) is 0 Å². The molecule has 0 radical (unpaired) electrons. The summed E-state index contributed by atoms with van der Waals surface area (Å²) in [7, 11) is 0. The van der Waals surface area contributed by atoms with Gasteiger partial charge in [0.2, 0.25) is 23.6 Å². The second kappa shape index (κ2) is 15.5. The number of carbonyl (C=O) groups is 5. The van der Waals surface area contributed by atoms with Gasteiger partial charge < -0.3 is 37.6 Å². The number of hydrogen-bond donors (Lipinski definition) is 7. The molecule has 0 bridgehead atoms. The van der Waals surface area contributed by atoms with Crippen LogP contribution in [0.5, 0.6) is 0 Å². The van der Waals surface area contributed by atoms with E-state index in [4.69, 9.17) is 11.5 Å². The Labute approximate surface area is 198 Å². The van der Waals surface area contributed by atoms with Crippen LogP contribution in [0.4, 0.5) is 0 Å². The molecule has 12 nitrogen and oxygen atoms in total. The summed E-state index contributed by atoms with van der Waals surface area (Å²) in [5.74, 6) is -3.90. The minimum absolute atomic E-state index is 0.114. The molecule has 6 unspecified atom stereocenters. The van der Waals surface area contributed by atoms with Gasteiger partial charge in [-0.3, -0.25) is 19.2 Å². The second-order valence-electron chi connectivity index (χ2n) is 7.89. The van der Waals surface area contributed by atoms with Crippen LogP contribution < -0.4 is 27.4 Å². The molecular weight excluding hydrogens is 454 g/mol. The summed E-state index contributed by atoms with van der Waals surface area (Å²) in [5.41, 5.74) is 11.1. The maximum Gasteiger partial charge on any atom is 0.328 e. The van der Waals surface area contributed by atoms with Crippen LogP contribution in [0.1, 0.15) is 46.5 Å². The first-order chi connectivity index (χ1) is 15.3. The standard InChI is InChI=1S/C20H37N5O7S/c1-5-10(2)15(22)19(30)24-13(8-9-33-4)17(28)23-12(6-7-14(21)27)18(29)25-16(11(3)26)20(31)32/h10-13,15-16,26H,5-9,22H2,1-4H3,(H2,21,27)(H,23,28)(H,24,30)(H,25,29)(H,31,32). The monoisotopic (exact) mass is 491 g/mol. The van der Waals surface area contributed by atoms with Crippen LogP contribution in [0.3, 0.4) is 0 Å². The number of carboxylic acid groups (broad SMARTS) is 1. The first-order valence-electron chi connectivity index (χ1n) is 10.7. The fourth-order valence-corrected chi connectivity index (χ4v) is 3.23. The molecule has 13 heteroatoms. The Morgan fingerprint density at radius 1 is 0.939 bits per heavy atom. The van der Waals surface area contributed by atoms with Crippen LogP contribution in [0.25, 0.3) is 0 Å². The quantitative estimate of drug-likeness (QED) is 0.131. The Bertz CT molecular complexity index is 692. The number of nitrogens with two attached hydrogens (primary N) is 2. The van der Waals surface area contributed by atoms with Crippen molar-refractivity contribution in [2.75, 3.05) is 12.0 Å². The third-order valence-electron chi connectivity index (χ3n) is 5.16. The number of thioether (sulfide) groups is 1. The van der Waals surface area contributed by atoms with Crippen LogP contribution in [-0.4, -0.2) is 82.1 Å². The van der Waals surface area contributed by atoms with E-state index in [9.17, 15) is 34.2 Å². The molecule has 0 heterocycles. The Morgan fingerprint density at radius 2 is 1.45 bits per heavy atom. The van der Waals surface area contributed by atoms with Crippen LogP contribution in [0.15, 0.2) is 0 Å². The van der Waals surface area contributed by atoms with Gasteiger partial charge in [-0.15, -0.1) is 0 Å². The number of hydrogen-bond acceptors (Lipinski definition) is 8. The number of nitrogens with one attached hydrogen (secondary N) is 3. The van der Waals surface area contributed by atoms with Gasteiger partial charge in [0.25, 0.3) is 0 Å². The van der Waals surface area contributed by atoms with E-state index in [1.807, 2.05) is 20.1 Å². The van der Waals surface area contributed by atoms with Crippen molar-refractivity contribution in [2.45, 2.75) is 76.7 Å². The van der Waals surface area contributed by atoms with Crippen molar-refractivity contribution in [2.24, 2.45) is 17.4 Å². The number of aliphatic hydroxyl groups excluding tert-OH is 1. The van der Waals surface area contributed by atoms with Crippen LogP contribution in [-0.2, 0) is 24.0 Å². The highest BCUT2D eigenvalue weighted by atomic mass is 32.2. The van der Waals surface area contributed by atoms with Crippen LogP contribution in [0, 0.1) is 5.92 Å². The predicted molar refractivity (Wildman–Crippen MR) is 124 cm³/mol. The van der Waals surface area contributed by atoms with E-state index in [0.29, 0.717) is 12.2 Å². The summed E-state index contributed by atoms with van der Waals surface area (Å²) in [6.07, 6.45) is 0.878. The van der Waals surface area contributed by atoms with Crippen molar-refractivity contribution in [3.05, 3.63) is 0 Å². The smallest absolute Gasteiger partial charge is 0.328 e. The van der Waals surface area contributed by atoms with Crippen molar-refractivity contribution in [1.82, 2.24) is 16.0 Å². The molecule has 0 saturated heterocycles. The maximum absolute atomic E-state index is 12.9. The molecule has 33 heavy (non-hydrogen) atoms. The first kappa shape index (κ1) is 30.6. The third-order valence-corrected chi connectivity index (χ3v) is 5.81. The molecule has 0 aliphatic rings. The average Bonchev–Trinajstić information content (AvgIpc) is 2.75. The van der Waals surface area contributed by atoms with Crippen molar-refractivity contribution >= 4 is 41.4 Å². The van der Waals surface area contributed by atoms with Crippen molar-refractivity contribution < 1.29 is 34.2 Å². The Kier molecular flexibility index (Phi) is 14.3. The van der Waals surface area contributed by atoms with Crippen molar-refractivity contribution in [3.63, 3.8) is 0 Å². The SMILES string of the molecule is CCC(C)C(N)C(=O)NC(CCSC)C(=O)NC(CCC(N)=O)C(=O)NC(C(=O)O)C(C)O. The number of amides is 4. The fourth-order valence-electron chi connectivity index (χ4n) is 2.76. The Morgan fingerprint density at radius 3 is 1.91 bits per heavy atom. The molecule has 0 spiro atoms. The van der Waals surface area contributed by atoms with Crippen molar-refractivity contribution in [1.29, 1.82) is 0 Å². The minimum Gasteiger partial charge on any atom is -0.480 e. The van der Waals surface area contributed by atoms with Gasteiger partial charge >= 0.3 is 5.97 Å². The second-order valence-corrected chi connectivity index (χ2v) is 8.87. The van der Waals surface area contributed by atoms with Gasteiger partial charge in [0.05, 0.1) is 12.1 Å². The van der Waals surface area contributed by atoms with Crippen LogP contribution >= 0.6 is 11.8 Å². The normalized spacial score (nSPS) is 16.4. The third kappa shape index (κ3) is 11.3. The van der Waals surface area contributed by atoms with Gasteiger partial charge in [-0.2, -0.15) is 11.8 Å². The average molecular weight is 492 g/mol. The summed E-state index contributed by atoms with van der Waals surface area (Å²) in [5, 5.41) is 26.0. The minimum atomic E-state index is -1.62. The molecule has 0 aromatic heterocycles. The van der Waals surface area contributed by atoms with Gasteiger partial charge in [-0.05, 0) is 37.7 Å². The van der Waals surface area contributed by atoms with E-state index in [1.165, 1.54) is 18.7 Å². The number of aliphatic carboxylic acids is 1. The lowest BCUT2D eigenvalue weighted by atomic mass is 9.99. The van der Waals surface area contributed by atoms with Gasteiger partial charge in [-0.25, -0.2) is 4.79 Å². The molecule has 0 saturated carbocycles. The van der Waals surface area contributed by atoms with Gasteiger partial charge in [-0.1, -0.05) is 20.3 Å². The van der Waals surface area contributed by atoms with E-state index in [0.717, 1.165) is 0 Å². The molecule has 0 aromatic carbocycles. The van der Waals surface area contributed by atoms with Gasteiger partial charge in [0, 0.05) is 6.42 Å². The summed E-state index contributed by atoms with van der Waals surface area (Å²) < 4.78 is 0. The number of primary amides is 1. The molecule has 0 aliphatic heterocycles. The summed E-state index contributed by atoms with van der Waals surface area (Å²) >= 11 is 1.45. The highest BCUT2D eigenvalue weighted by molar-refractivity contribution is 7.98. The molecule has 0 aromatic rings. The zero-order chi connectivity index (χ0) is 25.7. The largest absolute Gasteiger partial charge is 0.480 e. The number of carboxylic acids is 1. The molecule has 4 amide bonds. The molecular formula is C20H37N5O7S. The lowest BCUT2D eigenvalue weighted by Gasteiger charge is -2.26. The van der Waals surface area contributed by atoms with E-state index in [-0.39, 0.29) is 25.2 Å². The zero-order valence-electron chi connectivity index (χ0n) is 19.5. The van der Waals surface area contributed by atoms with E-state index in [2.05, 4.69) is 16.0 Å². The van der Waals surface area contributed by atoms with Crippen LogP contribution in [0.2, 0.25) is 0 Å². The lowest BCUT2D eigenvalue weighted by Crippen LogP contribution is -2.58. The lowest BCUT2D eigenvalue weighted by molar-refractivity contribution is -0.145. The van der Waals surface area contributed by atoms with E-state index in [1.54, 1.807) is 0 Å². The molecule has 9 N–H and O–H groups in total.